The van der Waals surface area contributed by atoms with Gasteiger partial charge >= 0.3 is 0 Å². The van der Waals surface area contributed by atoms with Crippen LogP contribution in [-0.4, -0.2) is 36.1 Å². The molecule has 15 heavy (non-hydrogen) atoms. The Balaban J connectivity index is 2.64. The SMILES string of the molecule is CCOC(C)C(=O)N(C)C1(C#N)CCC1. The summed E-state index contributed by atoms with van der Waals surface area (Å²) in [4.78, 5) is 13.4. The molecular weight excluding hydrogens is 192 g/mol. The van der Waals surface area contributed by atoms with Crippen LogP contribution < -0.4 is 0 Å². The maximum atomic E-state index is 11.9. The van der Waals surface area contributed by atoms with E-state index in [4.69, 9.17) is 10.00 Å². The number of carbonyl (C=O) groups is 1. The van der Waals surface area contributed by atoms with Crippen LogP contribution in [0.1, 0.15) is 33.1 Å². The molecule has 0 N–H and O–H groups in total. The molecule has 0 bridgehead atoms. The predicted molar refractivity (Wildman–Crippen MR) is 56.1 cm³/mol. The monoisotopic (exact) mass is 210 g/mol. The highest BCUT2D eigenvalue weighted by Gasteiger charge is 2.44. The summed E-state index contributed by atoms with van der Waals surface area (Å²) in [6.07, 6.45) is 2.13. The molecule has 0 aromatic heterocycles. The lowest BCUT2D eigenvalue weighted by molar-refractivity contribution is -0.147. The van der Waals surface area contributed by atoms with Crippen molar-refractivity contribution in [1.82, 2.24) is 4.90 Å². The van der Waals surface area contributed by atoms with Gasteiger partial charge in [0.1, 0.15) is 11.6 Å². The Morgan fingerprint density at radius 3 is 2.60 bits per heavy atom. The third kappa shape index (κ3) is 2.13. The van der Waals surface area contributed by atoms with Gasteiger partial charge < -0.3 is 9.64 Å². The van der Waals surface area contributed by atoms with E-state index in [0.29, 0.717) is 6.61 Å². The van der Waals surface area contributed by atoms with Crippen LogP contribution in [0.4, 0.5) is 0 Å². The number of likely N-dealkylation sites (N-methyl/N-ethyl adjacent to an activating group) is 1. The molecule has 1 unspecified atom stereocenters. The molecular formula is C11H18N2O2. The van der Waals surface area contributed by atoms with Gasteiger partial charge in [-0.3, -0.25) is 4.79 Å². The lowest BCUT2D eigenvalue weighted by atomic mass is 9.76. The van der Waals surface area contributed by atoms with Crippen molar-refractivity contribution in [1.29, 1.82) is 5.26 Å². The first-order valence-corrected chi connectivity index (χ1v) is 5.38. The smallest absolute Gasteiger partial charge is 0.252 e. The van der Waals surface area contributed by atoms with Crippen molar-refractivity contribution in [3.05, 3.63) is 0 Å². The minimum Gasteiger partial charge on any atom is -0.369 e. The van der Waals surface area contributed by atoms with Crippen molar-refractivity contribution in [3.8, 4) is 6.07 Å². The van der Waals surface area contributed by atoms with Crippen molar-refractivity contribution in [3.63, 3.8) is 0 Å². The highest BCUT2D eigenvalue weighted by molar-refractivity contribution is 5.81. The molecule has 1 saturated carbocycles. The Hall–Kier alpha value is -1.08. The molecule has 84 valence electrons. The van der Waals surface area contributed by atoms with E-state index in [1.807, 2.05) is 6.92 Å². The van der Waals surface area contributed by atoms with Crippen LogP contribution in [0.5, 0.6) is 0 Å². The summed E-state index contributed by atoms with van der Waals surface area (Å²) in [6, 6.07) is 2.24. The van der Waals surface area contributed by atoms with Gasteiger partial charge in [0.15, 0.2) is 0 Å². The fraction of sp³-hybridized carbons (Fsp3) is 0.818. The van der Waals surface area contributed by atoms with Crippen LogP contribution in [0.3, 0.4) is 0 Å². The van der Waals surface area contributed by atoms with Crippen LogP contribution in [0, 0.1) is 11.3 Å². The molecule has 1 amide bonds. The van der Waals surface area contributed by atoms with Gasteiger partial charge in [-0.15, -0.1) is 0 Å². The Morgan fingerprint density at radius 2 is 2.27 bits per heavy atom. The fourth-order valence-corrected chi connectivity index (χ4v) is 1.84. The first-order chi connectivity index (χ1) is 7.07. The lowest BCUT2D eigenvalue weighted by Gasteiger charge is -2.43. The first-order valence-electron chi connectivity index (χ1n) is 5.38. The number of carbonyl (C=O) groups excluding carboxylic acids is 1. The molecule has 1 fully saturated rings. The lowest BCUT2D eigenvalue weighted by Crippen LogP contribution is -2.55. The van der Waals surface area contributed by atoms with Crippen LogP contribution >= 0.6 is 0 Å². The maximum absolute atomic E-state index is 11.9. The van der Waals surface area contributed by atoms with E-state index in [2.05, 4.69) is 6.07 Å². The van der Waals surface area contributed by atoms with Gasteiger partial charge in [0.2, 0.25) is 0 Å². The van der Waals surface area contributed by atoms with Gasteiger partial charge in [-0.25, -0.2) is 0 Å². The summed E-state index contributed by atoms with van der Waals surface area (Å²) in [5.41, 5.74) is -0.567. The third-order valence-electron chi connectivity index (χ3n) is 3.13. The molecule has 4 heteroatoms. The van der Waals surface area contributed by atoms with Gasteiger partial charge in [0, 0.05) is 13.7 Å². The zero-order valence-electron chi connectivity index (χ0n) is 9.62. The first kappa shape index (κ1) is 12.0. The van der Waals surface area contributed by atoms with E-state index in [-0.39, 0.29) is 5.91 Å². The maximum Gasteiger partial charge on any atom is 0.252 e. The van der Waals surface area contributed by atoms with Crippen molar-refractivity contribution in [2.45, 2.75) is 44.8 Å². The van der Waals surface area contributed by atoms with Gasteiger partial charge in [-0.2, -0.15) is 5.26 Å². The van der Waals surface area contributed by atoms with Crippen LogP contribution in [0.15, 0.2) is 0 Å². The molecule has 0 aromatic carbocycles. The fourth-order valence-electron chi connectivity index (χ4n) is 1.84. The Labute approximate surface area is 90.8 Å². The normalized spacial score (nSPS) is 19.9. The van der Waals surface area contributed by atoms with Gasteiger partial charge in [0.25, 0.3) is 5.91 Å². The van der Waals surface area contributed by atoms with Crippen LogP contribution in [0.25, 0.3) is 0 Å². The Kier molecular flexibility index (Phi) is 3.70. The molecule has 0 aromatic rings. The molecule has 1 aliphatic carbocycles. The van der Waals surface area contributed by atoms with E-state index < -0.39 is 11.6 Å². The summed E-state index contributed by atoms with van der Waals surface area (Å²) >= 11 is 0. The highest BCUT2D eigenvalue weighted by atomic mass is 16.5. The molecule has 4 nitrogen and oxygen atoms in total. The number of nitriles is 1. The van der Waals surface area contributed by atoms with E-state index in [9.17, 15) is 4.79 Å². The van der Waals surface area contributed by atoms with E-state index in [0.717, 1.165) is 19.3 Å². The summed E-state index contributed by atoms with van der Waals surface area (Å²) in [6.45, 7) is 4.10. The minimum absolute atomic E-state index is 0.0990. The molecule has 0 spiro atoms. The number of hydrogen-bond acceptors (Lipinski definition) is 3. The number of ether oxygens (including phenoxy) is 1. The quantitative estimate of drug-likeness (QED) is 0.703. The zero-order chi connectivity index (χ0) is 11.5. The zero-order valence-corrected chi connectivity index (χ0v) is 9.62. The Bertz CT molecular complexity index is 279. The standard InChI is InChI=1S/C11H18N2O2/c1-4-15-9(2)10(14)13(3)11(8-12)6-5-7-11/h9H,4-7H2,1-3H3. The summed E-state index contributed by atoms with van der Waals surface area (Å²) in [7, 11) is 1.69. The van der Waals surface area contributed by atoms with Gasteiger partial charge in [0.05, 0.1) is 6.07 Å². The van der Waals surface area contributed by atoms with Crippen LogP contribution in [-0.2, 0) is 9.53 Å². The van der Waals surface area contributed by atoms with Gasteiger partial charge in [-0.05, 0) is 33.1 Å². The number of amides is 1. The molecule has 0 heterocycles. The highest BCUT2D eigenvalue weighted by Crippen LogP contribution is 2.36. The van der Waals surface area contributed by atoms with Crippen molar-refractivity contribution in [2.24, 2.45) is 0 Å². The summed E-state index contributed by atoms with van der Waals surface area (Å²) < 4.78 is 5.23. The largest absolute Gasteiger partial charge is 0.369 e. The topological polar surface area (TPSA) is 53.3 Å². The average molecular weight is 210 g/mol. The molecule has 1 rings (SSSR count). The van der Waals surface area contributed by atoms with Crippen LogP contribution in [0.2, 0.25) is 0 Å². The second kappa shape index (κ2) is 4.63. The molecule has 0 radical (unpaired) electrons. The molecule has 1 aliphatic rings. The second-order valence-electron chi connectivity index (χ2n) is 3.99. The van der Waals surface area contributed by atoms with Crippen molar-refractivity contribution in [2.75, 3.05) is 13.7 Å². The summed E-state index contributed by atoms with van der Waals surface area (Å²) in [5, 5.41) is 9.08. The van der Waals surface area contributed by atoms with E-state index >= 15 is 0 Å². The number of nitrogens with zero attached hydrogens (tertiary/aromatic N) is 2. The second-order valence-corrected chi connectivity index (χ2v) is 3.99. The average Bonchev–Trinajstić information content (AvgIpc) is 2.16. The molecule has 1 atom stereocenters. The molecule has 0 saturated heterocycles. The predicted octanol–water partition coefficient (Wildman–Crippen LogP) is 1.32. The number of rotatable bonds is 4. The number of hydrogen-bond donors (Lipinski definition) is 0. The van der Waals surface area contributed by atoms with E-state index in [1.54, 1.807) is 18.9 Å². The summed E-state index contributed by atoms with van der Waals surface area (Å²) in [5.74, 6) is -0.0990. The van der Waals surface area contributed by atoms with Crippen molar-refractivity contribution < 1.29 is 9.53 Å². The van der Waals surface area contributed by atoms with E-state index in [1.165, 1.54) is 0 Å². The Morgan fingerprint density at radius 1 is 1.67 bits per heavy atom. The molecule has 0 aliphatic heterocycles. The third-order valence-corrected chi connectivity index (χ3v) is 3.13. The van der Waals surface area contributed by atoms with Gasteiger partial charge in [-0.1, -0.05) is 0 Å². The minimum atomic E-state index is -0.567. The van der Waals surface area contributed by atoms with Crippen molar-refractivity contribution >= 4 is 5.91 Å².